The number of hydrogen-bond acceptors (Lipinski definition) is 7. The smallest absolute Gasteiger partial charge is 0.291 e. The molecule has 1 atom stereocenters. The van der Waals surface area contributed by atoms with Gasteiger partial charge in [-0.05, 0) is 51.3 Å². The van der Waals surface area contributed by atoms with Crippen LogP contribution in [0.3, 0.4) is 0 Å². The standard InChI is InChI=1S/C20H22F2N6O2S2/c1-11-7-12(3-6-23-11)14-8-13(32(29,30)27-20(2)4-5-20)10-28-15(14)9-24-17(28)19-26-25-18(31-19)16(21)22/h7-11,16,23,27H,3-6H2,1-2H3/t11-/m0/s1. The van der Waals surface area contributed by atoms with E-state index in [0.717, 1.165) is 48.3 Å². The maximum Gasteiger partial charge on any atom is 0.291 e. The van der Waals surface area contributed by atoms with Crippen LogP contribution in [0.1, 0.15) is 50.1 Å². The lowest BCUT2D eigenvalue weighted by atomic mass is 9.97. The van der Waals surface area contributed by atoms with Gasteiger partial charge in [-0.1, -0.05) is 17.4 Å². The zero-order valence-electron chi connectivity index (χ0n) is 17.5. The van der Waals surface area contributed by atoms with Crippen molar-refractivity contribution in [2.45, 2.75) is 56.0 Å². The highest BCUT2D eigenvalue weighted by molar-refractivity contribution is 7.89. The second kappa shape index (κ2) is 7.65. The fourth-order valence-electron chi connectivity index (χ4n) is 3.82. The molecular formula is C20H22F2N6O2S2. The van der Waals surface area contributed by atoms with E-state index in [4.69, 9.17) is 0 Å². The minimum Gasteiger partial charge on any atom is -0.310 e. The Morgan fingerprint density at radius 3 is 2.78 bits per heavy atom. The number of fused-ring (bicyclic) bond motifs is 1. The lowest BCUT2D eigenvalue weighted by molar-refractivity contribution is 0.150. The summed E-state index contributed by atoms with van der Waals surface area (Å²) in [6.07, 6.45) is 4.72. The lowest BCUT2D eigenvalue weighted by Crippen LogP contribution is -2.34. The minimum atomic E-state index is -3.80. The van der Waals surface area contributed by atoms with Gasteiger partial charge in [-0.2, -0.15) is 0 Å². The van der Waals surface area contributed by atoms with Crippen LogP contribution in [0, 0.1) is 0 Å². The van der Waals surface area contributed by atoms with Gasteiger partial charge in [0.05, 0.1) is 16.6 Å². The van der Waals surface area contributed by atoms with Crippen molar-refractivity contribution < 1.29 is 17.2 Å². The second-order valence-electron chi connectivity index (χ2n) is 8.52. The van der Waals surface area contributed by atoms with Crippen LogP contribution in [-0.2, 0) is 10.0 Å². The third-order valence-corrected chi connectivity index (χ3v) is 8.32. The van der Waals surface area contributed by atoms with Gasteiger partial charge in [-0.3, -0.25) is 4.40 Å². The monoisotopic (exact) mass is 480 g/mol. The number of sulfonamides is 1. The number of hydrogen-bond donors (Lipinski definition) is 2. The van der Waals surface area contributed by atoms with Crippen molar-refractivity contribution in [3.05, 3.63) is 35.1 Å². The molecule has 0 amide bonds. The SMILES string of the molecule is C[C@H]1C=C(c2cc(S(=O)(=O)NC3(C)CC3)cn3c(-c4nnc(C(F)F)s4)ncc23)CCN1. The first-order valence-corrected chi connectivity index (χ1v) is 12.6. The van der Waals surface area contributed by atoms with E-state index in [1.807, 2.05) is 13.8 Å². The Bertz CT molecular complexity index is 1330. The summed E-state index contributed by atoms with van der Waals surface area (Å²) in [6, 6.07) is 1.81. The molecule has 0 unspecified atom stereocenters. The van der Waals surface area contributed by atoms with E-state index in [0.29, 0.717) is 5.52 Å². The maximum atomic E-state index is 13.2. The number of rotatable bonds is 6. The van der Waals surface area contributed by atoms with Crippen LogP contribution >= 0.6 is 11.3 Å². The molecule has 1 aliphatic carbocycles. The normalized spacial score (nSPS) is 20.7. The Kier molecular flexibility index (Phi) is 5.15. The average Bonchev–Trinajstić information content (AvgIpc) is 3.14. The fourth-order valence-corrected chi connectivity index (χ4v) is 6.00. The highest BCUT2D eigenvalue weighted by Gasteiger charge is 2.41. The largest absolute Gasteiger partial charge is 0.310 e. The van der Waals surface area contributed by atoms with Crippen LogP contribution in [-0.4, -0.2) is 46.1 Å². The van der Waals surface area contributed by atoms with Gasteiger partial charge in [-0.15, -0.1) is 10.2 Å². The van der Waals surface area contributed by atoms with Crippen LogP contribution in [0.2, 0.25) is 0 Å². The molecule has 0 bridgehead atoms. The summed E-state index contributed by atoms with van der Waals surface area (Å²) in [5, 5.41) is 10.5. The topological polar surface area (TPSA) is 101 Å². The van der Waals surface area contributed by atoms with Crippen molar-refractivity contribution in [3.8, 4) is 10.8 Å². The van der Waals surface area contributed by atoms with Crippen LogP contribution < -0.4 is 10.0 Å². The number of alkyl halides is 2. The Balaban J connectivity index is 1.70. The first-order valence-electron chi connectivity index (χ1n) is 10.3. The van der Waals surface area contributed by atoms with E-state index < -0.39 is 27.0 Å². The van der Waals surface area contributed by atoms with Gasteiger partial charge in [0.25, 0.3) is 6.43 Å². The molecule has 8 nitrogen and oxygen atoms in total. The number of halogens is 2. The third-order valence-electron chi connectivity index (χ3n) is 5.78. The maximum absolute atomic E-state index is 13.2. The fraction of sp³-hybridized carbons (Fsp3) is 0.450. The van der Waals surface area contributed by atoms with Crippen LogP contribution in [0.25, 0.3) is 21.9 Å². The van der Waals surface area contributed by atoms with Crippen LogP contribution in [0.5, 0.6) is 0 Å². The molecule has 32 heavy (non-hydrogen) atoms. The van der Waals surface area contributed by atoms with Gasteiger partial charge in [-0.25, -0.2) is 26.9 Å². The van der Waals surface area contributed by atoms with Crippen molar-refractivity contribution in [1.82, 2.24) is 29.6 Å². The number of nitrogens with zero attached hydrogens (tertiary/aromatic N) is 4. The number of pyridine rings is 1. The van der Waals surface area contributed by atoms with Crippen molar-refractivity contribution in [2.75, 3.05) is 6.54 Å². The summed E-state index contributed by atoms with van der Waals surface area (Å²) in [6.45, 7) is 4.67. The van der Waals surface area contributed by atoms with E-state index in [2.05, 4.69) is 31.3 Å². The molecule has 2 aliphatic rings. The van der Waals surface area contributed by atoms with Gasteiger partial charge in [0.15, 0.2) is 15.8 Å². The molecule has 0 aromatic carbocycles. The molecule has 0 spiro atoms. The van der Waals surface area contributed by atoms with E-state index in [1.54, 1.807) is 16.7 Å². The van der Waals surface area contributed by atoms with Crippen molar-refractivity contribution in [2.24, 2.45) is 0 Å². The number of nitrogens with one attached hydrogen (secondary N) is 2. The molecule has 0 radical (unpaired) electrons. The zero-order chi connectivity index (χ0) is 22.7. The molecule has 1 saturated carbocycles. The molecule has 12 heteroatoms. The van der Waals surface area contributed by atoms with Crippen molar-refractivity contribution >= 4 is 32.4 Å². The first-order chi connectivity index (χ1) is 15.2. The molecule has 1 aliphatic heterocycles. The molecule has 5 rings (SSSR count). The molecule has 1 fully saturated rings. The molecule has 4 heterocycles. The van der Waals surface area contributed by atoms with Crippen molar-refractivity contribution in [3.63, 3.8) is 0 Å². The Hall–Kier alpha value is -2.28. The number of imidazole rings is 1. The van der Waals surface area contributed by atoms with Gasteiger partial charge in [0.1, 0.15) is 0 Å². The van der Waals surface area contributed by atoms with E-state index in [9.17, 15) is 17.2 Å². The van der Waals surface area contributed by atoms with E-state index >= 15 is 0 Å². The van der Waals surface area contributed by atoms with Gasteiger partial charge in [0, 0.05) is 23.3 Å². The molecular weight excluding hydrogens is 458 g/mol. The summed E-state index contributed by atoms with van der Waals surface area (Å²) in [5.74, 6) is 0.280. The van der Waals surface area contributed by atoms with Gasteiger partial charge < -0.3 is 5.32 Å². The molecule has 3 aromatic rings. The first kappa shape index (κ1) is 21.6. The average molecular weight is 481 g/mol. The van der Waals surface area contributed by atoms with E-state index in [1.165, 1.54) is 6.20 Å². The highest BCUT2D eigenvalue weighted by atomic mass is 32.2. The molecule has 2 N–H and O–H groups in total. The summed E-state index contributed by atoms with van der Waals surface area (Å²) in [4.78, 5) is 4.49. The molecule has 0 saturated heterocycles. The predicted octanol–water partition coefficient (Wildman–Crippen LogP) is 3.39. The second-order valence-corrected chi connectivity index (χ2v) is 11.2. The predicted molar refractivity (Wildman–Crippen MR) is 117 cm³/mol. The highest BCUT2D eigenvalue weighted by Crippen LogP contribution is 2.37. The number of aromatic nitrogens is 4. The summed E-state index contributed by atoms with van der Waals surface area (Å²) in [5.41, 5.74) is 2.01. The van der Waals surface area contributed by atoms with Gasteiger partial charge >= 0.3 is 0 Å². The molecule has 170 valence electrons. The van der Waals surface area contributed by atoms with Gasteiger partial charge in [0.2, 0.25) is 10.0 Å². The van der Waals surface area contributed by atoms with Crippen molar-refractivity contribution in [1.29, 1.82) is 0 Å². The Labute approximate surface area is 187 Å². The summed E-state index contributed by atoms with van der Waals surface area (Å²) >= 11 is 0.744. The lowest BCUT2D eigenvalue weighted by Gasteiger charge is -2.21. The molecule has 3 aromatic heterocycles. The zero-order valence-corrected chi connectivity index (χ0v) is 19.1. The third kappa shape index (κ3) is 3.96. The van der Waals surface area contributed by atoms with E-state index in [-0.39, 0.29) is 21.8 Å². The Morgan fingerprint density at radius 2 is 2.12 bits per heavy atom. The summed E-state index contributed by atoms with van der Waals surface area (Å²) in [7, 11) is -3.80. The minimum absolute atomic E-state index is 0.0954. The summed E-state index contributed by atoms with van der Waals surface area (Å²) < 4.78 is 56.9. The van der Waals surface area contributed by atoms with Crippen LogP contribution in [0.15, 0.2) is 29.4 Å². The Morgan fingerprint density at radius 1 is 1.34 bits per heavy atom. The van der Waals surface area contributed by atoms with Crippen LogP contribution in [0.4, 0.5) is 8.78 Å². The quantitative estimate of drug-likeness (QED) is 0.561.